The van der Waals surface area contributed by atoms with Crippen molar-refractivity contribution < 1.29 is 9.53 Å². The number of fused-ring (bicyclic) bond motifs is 2. The molecular weight excluding hydrogens is 385 g/mol. The zero-order chi connectivity index (χ0) is 17.4. The summed E-state index contributed by atoms with van der Waals surface area (Å²) in [7, 11) is 1.71. The molecule has 0 radical (unpaired) electrons. The largest absolute Gasteiger partial charge is 0.495 e. The predicted molar refractivity (Wildman–Crippen MR) is 113 cm³/mol. The number of methoxy groups -OCH3 is 1. The van der Waals surface area contributed by atoms with E-state index in [4.69, 9.17) is 10.5 Å². The molecule has 3 aliphatic rings. The number of amides is 1. The van der Waals surface area contributed by atoms with Gasteiger partial charge in [0, 0.05) is 25.7 Å². The monoisotopic (exact) mass is 415 g/mol. The molecule has 1 saturated heterocycles. The van der Waals surface area contributed by atoms with Crippen LogP contribution in [0.15, 0.2) is 24.3 Å². The summed E-state index contributed by atoms with van der Waals surface area (Å²) in [6, 6.07) is 8.22. The Bertz CT molecular complexity index is 643. The maximum Gasteiger partial charge on any atom is 0.224 e. The number of anilines is 1. The first kappa shape index (κ1) is 22.1. The van der Waals surface area contributed by atoms with Crippen LogP contribution in [0, 0.1) is 23.7 Å². The van der Waals surface area contributed by atoms with Crippen LogP contribution in [0.25, 0.3) is 0 Å². The van der Waals surface area contributed by atoms with Crippen molar-refractivity contribution in [2.45, 2.75) is 31.7 Å². The number of nitrogens with two attached hydrogens (primary N) is 1. The molecule has 0 spiro atoms. The molecule has 4 rings (SSSR count). The van der Waals surface area contributed by atoms with Crippen LogP contribution in [-0.4, -0.2) is 38.7 Å². The molecule has 5 nitrogen and oxygen atoms in total. The van der Waals surface area contributed by atoms with E-state index >= 15 is 0 Å². The number of nitrogens with zero attached hydrogens (tertiary/aromatic N) is 1. The minimum atomic E-state index is 0. The lowest BCUT2D eigenvalue weighted by molar-refractivity contribution is -0.127. The molecule has 2 bridgehead atoms. The van der Waals surface area contributed by atoms with Crippen molar-refractivity contribution in [3.63, 3.8) is 0 Å². The van der Waals surface area contributed by atoms with Crippen LogP contribution in [0.4, 0.5) is 5.69 Å². The van der Waals surface area contributed by atoms with Crippen LogP contribution < -0.4 is 20.7 Å². The molecule has 5 atom stereocenters. The Morgan fingerprint density at radius 1 is 1.22 bits per heavy atom. The Morgan fingerprint density at radius 2 is 1.96 bits per heavy atom. The van der Waals surface area contributed by atoms with Gasteiger partial charge >= 0.3 is 0 Å². The molecule has 1 aliphatic heterocycles. The summed E-state index contributed by atoms with van der Waals surface area (Å²) in [6.45, 7) is 2.73. The second-order valence-electron chi connectivity index (χ2n) is 7.95. The molecule has 7 heteroatoms. The van der Waals surface area contributed by atoms with Gasteiger partial charge in [-0.2, -0.15) is 0 Å². The van der Waals surface area contributed by atoms with E-state index in [-0.39, 0.29) is 42.7 Å². The number of carbonyl (C=O) groups is 1. The lowest BCUT2D eigenvalue weighted by Gasteiger charge is -2.27. The summed E-state index contributed by atoms with van der Waals surface area (Å²) in [4.78, 5) is 15.0. The van der Waals surface area contributed by atoms with Gasteiger partial charge in [0.15, 0.2) is 0 Å². The van der Waals surface area contributed by atoms with Crippen molar-refractivity contribution in [1.82, 2.24) is 5.32 Å². The summed E-state index contributed by atoms with van der Waals surface area (Å²) >= 11 is 0. The Labute approximate surface area is 174 Å². The quantitative estimate of drug-likeness (QED) is 0.775. The highest BCUT2D eigenvalue weighted by Crippen LogP contribution is 2.47. The van der Waals surface area contributed by atoms with Crippen molar-refractivity contribution in [1.29, 1.82) is 0 Å². The minimum absolute atomic E-state index is 0. The van der Waals surface area contributed by atoms with Crippen LogP contribution in [0.3, 0.4) is 0 Å². The van der Waals surface area contributed by atoms with E-state index in [2.05, 4.69) is 16.3 Å². The smallest absolute Gasteiger partial charge is 0.224 e. The van der Waals surface area contributed by atoms with Gasteiger partial charge in [-0.25, -0.2) is 0 Å². The van der Waals surface area contributed by atoms with Gasteiger partial charge in [-0.15, -0.1) is 24.8 Å². The molecular formula is C20H31Cl2N3O2. The molecule has 3 fully saturated rings. The molecule has 27 heavy (non-hydrogen) atoms. The average Bonchev–Trinajstić information content (AvgIpc) is 3.35. The van der Waals surface area contributed by atoms with Gasteiger partial charge in [0.1, 0.15) is 5.75 Å². The standard InChI is InChI=1S/C20H29N3O2.2ClH/c1-25-17-5-3-2-4-16(17)23-9-8-13(12-23)11-22-20(24)18-14-6-7-15(10-14)19(18)21;;/h2-5,13-15,18-19H,6-12,21H2,1H3,(H,22,24);2*1H. The van der Waals surface area contributed by atoms with Gasteiger partial charge in [-0.3, -0.25) is 4.79 Å². The number of carbonyl (C=O) groups excluding carboxylic acids is 1. The molecule has 5 unspecified atom stereocenters. The third kappa shape index (κ3) is 4.30. The van der Waals surface area contributed by atoms with E-state index in [1.54, 1.807) is 7.11 Å². The van der Waals surface area contributed by atoms with E-state index in [1.807, 2.05) is 18.2 Å². The second kappa shape index (κ2) is 9.35. The van der Waals surface area contributed by atoms with Gasteiger partial charge in [0.2, 0.25) is 5.91 Å². The first-order valence-electron chi connectivity index (χ1n) is 9.58. The fourth-order valence-electron chi connectivity index (χ4n) is 5.20. The SMILES string of the molecule is COc1ccccc1N1CCC(CNC(=O)C2C3CCC(C3)C2N)C1.Cl.Cl. The minimum Gasteiger partial charge on any atom is -0.495 e. The molecule has 1 heterocycles. The predicted octanol–water partition coefficient (Wildman–Crippen LogP) is 2.85. The summed E-state index contributed by atoms with van der Waals surface area (Å²) in [5, 5.41) is 3.21. The zero-order valence-electron chi connectivity index (χ0n) is 15.8. The summed E-state index contributed by atoms with van der Waals surface area (Å²) in [6.07, 6.45) is 4.65. The van der Waals surface area contributed by atoms with Crippen molar-refractivity contribution in [3.05, 3.63) is 24.3 Å². The molecule has 1 aromatic rings. The van der Waals surface area contributed by atoms with Crippen LogP contribution in [0.1, 0.15) is 25.7 Å². The Morgan fingerprint density at radius 3 is 2.67 bits per heavy atom. The summed E-state index contributed by atoms with van der Waals surface area (Å²) < 4.78 is 5.47. The fraction of sp³-hybridized carbons (Fsp3) is 0.650. The fourth-order valence-corrected chi connectivity index (χ4v) is 5.20. The molecule has 1 amide bonds. The second-order valence-corrected chi connectivity index (χ2v) is 7.95. The molecule has 1 aromatic carbocycles. The highest BCUT2D eigenvalue weighted by molar-refractivity contribution is 5.85. The molecule has 0 aromatic heterocycles. The normalized spacial score (nSPS) is 31.2. The molecule has 152 valence electrons. The number of hydrogen-bond acceptors (Lipinski definition) is 4. The van der Waals surface area contributed by atoms with Crippen LogP contribution in [0.2, 0.25) is 0 Å². The van der Waals surface area contributed by atoms with Gasteiger partial charge in [0.25, 0.3) is 0 Å². The van der Waals surface area contributed by atoms with E-state index in [0.717, 1.165) is 43.9 Å². The first-order valence-corrected chi connectivity index (χ1v) is 9.58. The molecule has 3 N–H and O–H groups in total. The Kier molecular flexibility index (Phi) is 7.66. The number of halogens is 2. The van der Waals surface area contributed by atoms with E-state index in [1.165, 1.54) is 12.8 Å². The zero-order valence-corrected chi connectivity index (χ0v) is 17.4. The average molecular weight is 416 g/mol. The van der Waals surface area contributed by atoms with E-state index in [0.29, 0.717) is 17.8 Å². The lowest BCUT2D eigenvalue weighted by atomic mass is 9.84. The third-order valence-corrected chi connectivity index (χ3v) is 6.56. The Balaban J connectivity index is 0.00000131. The third-order valence-electron chi connectivity index (χ3n) is 6.56. The summed E-state index contributed by atoms with van der Waals surface area (Å²) in [5.41, 5.74) is 7.44. The van der Waals surface area contributed by atoms with Crippen molar-refractivity contribution >= 4 is 36.4 Å². The number of ether oxygens (including phenoxy) is 1. The number of rotatable bonds is 5. The van der Waals surface area contributed by atoms with Gasteiger partial charge in [0.05, 0.1) is 18.7 Å². The van der Waals surface area contributed by atoms with Crippen molar-refractivity contribution in [3.8, 4) is 5.75 Å². The van der Waals surface area contributed by atoms with Gasteiger partial charge in [-0.1, -0.05) is 12.1 Å². The molecule has 2 saturated carbocycles. The van der Waals surface area contributed by atoms with E-state index < -0.39 is 0 Å². The number of benzene rings is 1. The van der Waals surface area contributed by atoms with Crippen LogP contribution in [-0.2, 0) is 4.79 Å². The maximum absolute atomic E-state index is 12.6. The van der Waals surface area contributed by atoms with Gasteiger partial charge in [-0.05, 0) is 55.6 Å². The number of para-hydroxylation sites is 2. The molecule has 2 aliphatic carbocycles. The maximum atomic E-state index is 12.6. The first-order chi connectivity index (χ1) is 12.2. The lowest BCUT2D eigenvalue weighted by Crippen LogP contribution is -2.46. The number of hydrogen-bond donors (Lipinski definition) is 2. The summed E-state index contributed by atoms with van der Waals surface area (Å²) in [5.74, 6) is 2.74. The van der Waals surface area contributed by atoms with E-state index in [9.17, 15) is 4.79 Å². The number of nitrogens with one attached hydrogen (secondary N) is 1. The van der Waals surface area contributed by atoms with Crippen molar-refractivity contribution in [2.24, 2.45) is 29.4 Å². The topological polar surface area (TPSA) is 67.6 Å². The van der Waals surface area contributed by atoms with Gasteiger partial charge < -0.3 is 20.7 Å². The highest BCUT2D eigenvalue weighted by atomic mass is 35.5. The van der Waals surface area contributed by atoms with Crippen molar-refractivity contribution in [2.75, 3.05) is 31.6 Å². The van der Waals surface area contributed by atoms with Crippen LogP contribution >= 0.6 is 24.8 Å². The highest BCUT2D eigenvalue weighted by Gasteiger charge is 2.49. The van der Waals surface area contributed by atoms with Crippen LogP contribution in [0.5, 0.6) is 5.75 Å². The Hall–Kier alpha value is -1.17.